The third-order valence-corrected chi connectivity index (χ3v) is 6.19. The highest BCUT2D eigenvalue weighted by Gasteiger charge is 2.42. The second kappa shape index (κ2) is 10.7. The van der Waals surface area contributed by atoms with E-state index in [9.17, 15) is 9.59 Å². The number of amides is 2. The molecule has 7 heteroatoms. The highest BCUT2D eigenvalue weighted by molar-refractivity contribution is 5.91. The lowest BCUT2D eigenvalue weighted by Crippen LogP contribution is -2.63. The fraction of sp³-hybridized carbons (Fsp3) is 0.636. The number of nitrogens with one attached hydrogen (secondary N) is 3. The summed E-state index contributed by atoms with van der Waals surface area (Å²) in [6.45, 7) is 4.28. The van der Waals surface area contributed by atoms with Gasteiger partial charge < -0.3 is 20.7 Å². The highest BCUT2D eigenvalue weighted by atomic mass is 16.5. The van der Waals surface area contributed by atoms with Gasteiger partial charge in [0.1, 0.15) is 6.04 Å². The molecule has 1 saturated carbocycles. The van der Waals surface area contributed by atoms with Gasteiger partial charge in [0.05, 0.1) is 6.04 Å². The lowest BCUT2D eigenvalue weighted by molar-refractivity contribution is -0.150. The summed E-state index contributed by atoms with van der Waals surface area (Å²) >= 11 is 0. The molecule has 2 unspecified atom stereocenters. The number of hydrogen-bond acceptors (Lipinski definition) is 5. The van der Waals surface area contributed by atoms with E-state index in [4.69, 9.17) is 5.21 Å². The van der Waals surface area contributed by atoms with Gasteiger partial charge in [-0.15, -0.1) is 0 Å². The third kappa shape index (κ3) is 5.56. The fourth-order valence-corrected chi connectivity index (χ4v) is 4.42. The number of carbonyl (C=O) groups is 2. The number of likely N-dealkylation sites (N-methyl/N-ethyl adjacent to an activating group) is 1. The lowest BCUT2D eigenvalue weighted by atomic mass is 9.82. The Morgan fingerprint density at radius 1 is 1.07 bits per heavy atom. The zero-order chi connectivity index (χ0) is 20.6. The highest BCUT2D eigenvalue weighted by Crippen LogP contribution is 2.29. The zero-order valence-corrected chi connectivity index (χ0v) is 17.3. The van der Waals surface area contributed by atoms with Gasteiger partial charge in [0.2, 0.25) is 11.8 Å². The normalized spacial score (nSPS) is 20.8. The second-order valence-electron chi connectivity index (χ2n) is 8.14. The van der Waals surface area contributed by atoms with E-state index in [-0.39, 0.29) is 23.9 Å². The van der Waals surface area contributed by atoms with Gasteiger partial charge in [-0.1, -0.05) is 50.5 Å². The smallest absolute Gasteiger partial charge is 0.243 e. The van der Waals surface area contributed by atoms with Gasteiger partial charge in [-0.3, -0.25) is 9.59 Å². The molecule has 4 N–H and O–H groups in total. The van der Waals surface area contributed by atoms with E-state index >= 15 is 0 Å². The van der Waals surface area contributed by atoms with Crippen molar-refractivity contribution < 1.29 is 14.8 Å². The summed E-state index contributed by atoms with van der Waals surface area (Å²) in [5, 5.41) is 15.1. The fourth-order valence-electron chi connectivity index (χ4n) is 4.42. The molecule has 1 saturated heterocycles. The van der Waals surface area contributed by atoms with E-state index in [2.05, 4.69) is 16.1 Å². The maximum atomic E-state index is 13.2. The molecule has 0 radical (unpaired) electrons. The molecule has 3 rings (SSSR count). The van der Waals surface area contributed by atoms with Crippen LogP contribution in [0.3, 0.4) is 0 Å². The van der Waals surface area contributed by atoms with E-state index in [1.807, 2.05) is 31.2 Å². The zero-order valence-electron chi connectivity index (χ0n) is 17.3. The van der Waals surface area contributed by atoms with Crippen LogP contribution in [0.5, 0.6) is 0 Å². The van der Waals surface area contributed by atoms with Crippen LogP contribution in [0.2, 0.25) is 0 Å². The third-order valence-electron chi connectivity index (χ3n) is 6.19. The number of likely N-dealkylation sites (tertiary alicyclic amines) is 1. The molecule has 1 aliphatic heterocycles. The number of benzene rings is 1. The minimum atomic E-state index is -0.356. The molecule has 1 aliphatic carbocycles. The van der Waals surface area contributed by atoms with Crippen molar-refractivity contribution in [2.45, 2.75) is 70.6 Å². The van der Waals surface area contributed by atoms with Crippen LogP contribution in [0.4, 0.5) is 0 Å². The summed E-state index contributed by atoms with van der Waals surface area (Å²) in [5.74, 6) is 0.392. The maximum Gasteiger partial charge on any atom is 0.243 e. The van der Waals surface area contributed by atoms with Crippen molar-refractivity contribution in [3.63, 3.8) is 0 Å². The number of hydroxylamine groups is 1. The second-order valence-corrected chi connectivity index (χ2v) is 8.14. The van der Waals surface area contributed by atoms with Gasteiger partial charge in [0.25, 0.3) is 0 Å². The standard InChI is InChI=1S/C22H34N4O3/c1-2-23-20(18-6-4-3-5-7-18)22(28)26-13-12-19(26)21(27)24-14-16-8-10-17(11-9-16)15-25-29/h8-11,18-20,23,25,29H,2-7,12-15H2,1H3,(H,24,27). The summed E-state index contributed by atoms with van der Waals surface area (Å²) in [4.78, 5) is 27.6. The Hall–Kier alpha value is -1.96. The number of carbonyl (C=O) groups excluding carboxylic acids is 2. The van der Waals surface area contributed by atoms with Crippen molar-refractivity contribution in [3.8, 4) is 0 Å². The van der Waals surface area contributed by atoms with Crippen LogP contribution >= 0.6 is 0 Å². The topological polar surface area (TPSA) is 93.7 Å². The van der Waals surface area contributed by atoms with Gasteiger partial charge in [0, 0.05) is 19.6 Å². The van der Waals surface area contributed by atoms with Gasteiger partial charge >= 0.3 is 0 Å². The molecular formula is C22H34N4O3. The van der Waals surface area contributed by atoms with Crippen molar-refractivity contribution in [1.82, 2.24) is 21.0 Å². The number of rotatable bonds is 9. The van der Waals surface area contributed by atoms with Crippen molar-refractivity contribution in [1.29, 1.82) is 0 Å². The first-order valence-corrected chi connectivity index (χ1v) is 10.9. The Morgan fingerprint density at radius 2 is 1.72 bits per heavy atom. The SMILES string of the molecule is CCNC(C(=O)N1CCC1C(=O)NCc1ccc(CNO)cc1)C1CCCCC1. The van der Waals surface area contributed by atoms with E-state index in [1.54, 1.807) is 4.90 Å². The summed E-state index contributed by atoms with van der Waals surface area (Å²) in [7, 11) is 0. The molecule has 1 aromatic rings. The quantitative estimate of drug-likeness (QED) is 0.474. The average molecular weight is 403 g/mol. The summed E-state index contributed by atoms with van der Waals surface area (Å²) < 4.78 is 0. The molecular weight excluding hydrogens is 368 g/mol. The molecule has 1 heterocycles. The van der Waals surface area contributed by atoms with Crippen LogP contribution in [0.1, 0.15) is 56.6 Å². The lowest BCUT2D eigenvalue weighted by Gasteiger charge is -2.43. The van der Waals surface area contributed by atoms with Crippen molar-refractivity contribution >= 4 is 11.8 Å². The summed E-state index contributed by atoms with van der Waals surface area (Å²) in [5.41, 5.74) is 4.09. The van der Waals surface area contributed by atoms with Crippen molar-refractivity contribution in [3.05, 3.63) is 35.4 Å². The van der Waals surface area contributed by atoms with Gasteiger partial charge in [-0.2, -0.15) is 0 Å². The average Bonchev–Trinajstić information content (AvgIpc) is 2.71. The van der Waals surface area contributed by atoms with Gasteiger partial charge in [-0.05, 0) is 42.9 Å². The first-order valence-electron chi connectivity index (χ1n) is 10.9. The minimum absolute atomic E-state index is 0.0791. The molecule has 0 aromatic heterocycles. The molecule has 29 heavy (non-hydrogen) atoms. The first kappa shape index (κ1) is 21.7. The molecule has 1 aromatic carbocycles. The molecule has 2 atom stereocenters. The van der Waals surface area contributed by atoms with Crippen LogP contribution in [0.15, 0.2) is 24.3 Å². The summed E-state index contributed by atoms with van der Waals surface area (Å²) in [6, 6.07) is 7.17. The van der Waals surface area contributed by atoms with Gasteiger partial charge in [0.15, 0.2) is 0 Å². The van der Waals surface area contributed by atoms with E-state index < -0.39 is 0 Å². The number of hydrogen-bond donors (Lipinski definition) is 4. The first-order chi connectivity index (χ1) is 14.1. The molecule has 7 nitrogen and oxygen atoms in total. The monoisotopic (exact) mass is 402 g/mol. The Labute approximate surface area is 173 Å². The van der Waals surface area contributed by atoms with Gasteiger partial charge in [-0.25, -0.2) is 5.48 Å². The van der Waals surface area contributed by atoms with E-state index in [1.165, 1.54) is 19.3 Å². The Bertz CT molecular complexity index is 673. The molecule has 0 bridgehead atoms. The Balaban J connectivity index is 1.53. The van der Waals surface area contributed by atoms with Crippen LogP contribution < -0.4 is 16.1 Å². The van der Waals surface area contributed by atoms with Crippen LogP contribution in [-0.2, 0) is 22.7 Å². The predicted octanol–water partition coefficient (Wildman–Crippen LogP) is 1.94. The molecule has 2 fully saturated rings. The van der Waals surface area contributed by atoms with Crippen LogP contribution in [0.25, 0.3) is 0 Å². The molecule has 2 amide bonds. The Morgan fingerprint density at radius 3 is 2.28 bits per heavy atom. The molecule has 2 aliphatic rings. The largest absolute Gasteiger partial charge is 0.350 e. The maximum absolute atomic E-state index is 13.2. The van der Waals surface area contributed by atoms with Crippen molar-refractivity contribution in [2.75, 3.05) is 13.1 Å². The number of nitrogens with zero attached hydrogens (tertiary/aromatic N) is 1. The minimum Gasteiger partial charge on any atom is -0.350 e. The predicted molar refractivity (Wildman–Crippen MR) is 111 cm³/mol. The molecule has 160 valence electrons. The Kier molecular flexibility index (Phi) is 8.03. The van der Waals surface area contributed by atoms with E-state index in [0.29, 0.717) is 25.6 Å². The summed E-state index contributed by atoms with van der Waals surface area (Å²) in [6.07, 6.45) is 6.55. The van der Waals surface area contributed by atoms with Crippen molar-refractivity contribution in [2.24, 2.45) is 5.92 Å². The molecule has 0 spiro atoms. The van der Waals surface area contributed by atoms with Crippen LogP contribution in [-0.4, -0.2) is 47.1 Å². The van der Waals surface area contributed by atoms with E-state index in [0.717, 1.165) is 36.9 Å². The van der Waals surface area contributed by atoms with Crippen LogP contribution in [0, 0.1) is 5.92 Å².